The molecule has 1 aromatic carbocycles. The Hall–Kier alpha value is -2.23. The second-order valence-corrected chi connectivity index (χ2v) is 5.93. The average molecular weight is 318 g/mol. The second kappa shape index (κ2) is 8.42. The fraction of sp³-hybridized carbons (Fsp3) is 0.421. The maximum absolute atomic E-state index is 11.6. The van der Waals surface area contributed by atoms with Crippen molar-refractivity contribution in [2.24, 2.45) is 0 Å². The monoisotopic (exact) mass is 318 g/mol. The van der Waals surface area contributed by atoms with Gasteiger partial charge >= 0.3 is 0 Å². The summed E-state index contributed by atoms with van der Waals surface area (Å²) in [5.41, 5.74) is 2.94. The smallest absolute Gasteiger partial charge is 0.167 e. The van der Waals surface area contributed by atoms with Crippen LogP contribution in [0.4, 0.5) is 0 Å². The van der Waals surface area contributed by atoms with Gasteiger partial charge in [-0.3, -0.25) is 4.79 Å². The van der Waals surface area contributed by atoms with Crippen LogP contribution in [0.1, 0.15) is 56.5 Å². The molecule has 23 heavy (non-hydrogen) atoms. The predicted molar refractivity (Wildman–Crippen MR) is 92.5 cm³/mol. The number of ketones is 1. The molecule has 1 aromatic rings. The van der Waals surface area contributed by atoms with Crippen molar-refractivity contribution in [3.8, 4) is 17.2 Å². The van der Waals surface area contributed by atoms with Crippen molar-refractivity contribution < 1.29 is 19.7 Å². The zero-order valence-corrected chi connectivity index (χ0v) is 14.6. The van der Waals surface area contributed by atoms with Gasteiger partial charge in [0.05, 0.1) is 7.11 Å². The molecule has 0 fully saturated rings. The number of aromatic hydroxyl groups is 2. The first kappa shape index (κ1) is 18.8. The van der Waals surface area contributed by atoms with E-state index in [1.807, 2.05) is 13.0 Å². The van der Waals surface area contributed by atoms with Crippen molar-refractivity contribution in [1.29, 1.82) is 0 Å². The molecule has 0 aromatic heterocycles. The van der Waals surface area contributed by atoms with Gasteiger partial charge in [-0.15, -0.1) is 0 Å². The third-order valence-corrected chi connectivity index (χ3v) is 3.66. The summed E-state index contributed by atoms with van der Waals surface area (Å²) in [7, 11) is 1.47. The fourth-order valence-electron chi connectivity index (χ4n) is 2.37. The topological polar surface area (TPSA) is 66.8 Å². The van der Waals surface area contributed by atoms with Gasteiger partial charge in [0.2, 0.25) is 0 Å². The molecule has 0 unspecified atom stereocenters. The van der Waals surface area contributed by atoms with Gasteiger partial charge in [-0.1, -0.05) is 23.3 Å². The standard InChI is InChI=1S/C19H26O4/c1-12(2)7-6-8-13(3)9-10-15-17(23-5)11-16(21)18(14(4)20)19(15)22/h7,9,11,21-22H,6,8,10H2,1-5H3/b13-9+. The molecule has 1 rings (SSSR count). The molecule has 0 radical (unpaired) electrons. The van der Waals surface area contributed by atoms with E-state index in [0.29, 0.717) is 17.7 Å². The minimum atomic E-state index is -0.381. The molecule has 0 aliphatic heterocycles. The summed E-state index contributed by atoms with van der Waals surface area (Å²) in [4.78, 5) is 11.6. The van der Waals surface area contributed by atoms with Gasteiger partial charge in [0.1, 0.15) is 22.8 Å². The molecule has 0 atom stereocenters. The zero-order chi connectivity index (χ0) is 17.6. The highest BCUT2D eigenvalue weighted by Gasteiger charge is 2.20. The van der Waals surface area contributed by atoms with Crippen LogP contribution in [0.5, 0.6) is 17.2 Å². The van der Waals surface area contributed by atoms with E-state index in [9.17, 15) is 15.0 Å². The van der Waals surface area contributed by atoms with E-state index in [4.69, 9.17) is 4.74 Å². The van der Waals surface area contributed by atoms with E-state index in [2.05, 4.69) is 19.9 Å². The van der Waals surface area contributed by atoms with Crippen LogP contribution < -0.4 is 4.74 Å². The molecular formula is C19H26O4. The minimum Gasteiger partial charge on any atom is -0.507 e. The van der Waals surface area contributed by atoms with Gasteiger partial charge < -0.3 is 14.9 Å². The fourth-order valence-corrected chi connectivity index (χ4v) is 2.37. The molecule has 0 saturated heterocycles. The molecule has 4 heteroatoms. The van der Waals surface area contributed by atoms with Crippen LogP contribution in [0.2, 0.25) is 0 Å². The van der Waals surface area contributed by atoms with E-state index in [1.165, 1.54) is 31.2 Å². The van der Waals surface area contributed by atoms with E-state index in [0.717, 1.165) is 12.8 Å². The Bertz CT molecular complexity index is 635. The van der Waals surface area contributed by atoms with Crippen molar-refractivity contribution in [2.45, 2.75) is 47.0 Å². The van der Waals surface area contributed by atoms with E-state index in [1.54, 1.807) is 0 Å². The number of methoxy groups -OCH3 is 1. The number of rotatable bonds is 7. The summed E-state index contributed by atoms with van der Waals surface area (Å²) < 4.78 is 5.22. The number of phenolic OH excluding ortho intramolecular Hbond substituents is 2. The summed E-state index contributed by atoms with van der Waals surface area (Å²) in [6.07, 6.45) is 6.55. The maximum atomic E-state index is 11.6. The number of Topliss-reactive ketones (excluding diaryl/α,β-unsaturated/α-hetero) is 1. The number of carbonyl (C=O) groups is 1. The lowest BCUT2D eigenvalue weighted by Gasteiger charge is -2.13. The van der Waals surface area contributed by atoms with Crippen LogP contribution in [0.25, 0.3) is 0 Å². The van der Waals surface area contributed by atoms with Gasteiger partial charge in [0, 0.05) is 11.6 Å². The highest BCUT2D eigenvalue weighted by molar-refractivity contribution is 6.00. The van der Waals surface area contributed by atoms with Crippen LogP contribution in [0.15, 0.2) is 29.4 Å². The average Bonchev–Trinajstić information content (AvgIpc) is 2.44. The van der Waals surface area contributed by atoms with Gasteiger partial charge in [-0.25, -0.2) is 0 Å². The highest BCUT2D eigenvalue weighted by atomic mass is 16.5. The molecule has 126 valence electrons. The lowest BCUT2D eigenvalue weighted by Crippen LogP contribution is -2.00. The SMILES string of the molecule is COc1cc(O)c(C(C)=O)c(O)c1C/C=C(\C)CCC=C(C)C. The Balaban J connectivity index is 3.05. The van der Waals surface area contributed by atoms with Crippen molar-refractivity contribution in [2.75, 3.05) is 7.11 Å². The number of ether oxygens (including phenoxy) is 1. The Morgan fingerprint density at radius 2 is 1.83 bits per heavy atom. The summed E-state index contributed by atoms with van der Waals surface area (Å²) >= 11 is 0. The summed E-state index contributed by atoms with van der Waals surface area (Å²) in [5.74, 6) is -0.478. The van der Waals surface area contributed by atoms with Crippen LogP contribution in [-0.2, 0) is 6.42 Å². The first-order valence-electron chi connectivity index (χ1n) is 7.69. The lowest BCUT2D eigenvalue weighted by atomic mass is 9.99. The van der Waals surface area contributed by atoms with Crippen molar-refractivity contribution in [1.82, 2.24) is 0 Å². The van der Waals surface area contributed by atoms with Crippen LogP contribution in [0.3, 0.4) is 0 Å². The molecule has 0 bridgehead atoms. The molecule has 0 heterocycles. The number of benzene rings is 1. The number of carbonyl (C=O) groups excluding carboxylic acids is 1. The second-order valence-electron chi connectivity index (χ2n) is 5.93. The minimum absolute atomic E-state index is 0.0589. The van der Waals surface area contributed by atoms with E-state index in [-0.39, 0.29) is 22.8 Å². The predicted octanol–water partition coefficient (Wildman–Crippen LogP) is 4.54. The molecule has 2 N–H and O–H groups in total. The molecular weight excluding hydrogens is 292 g/mol. The zero-order valence-electron chi connectivity index (χ0n) is 14.6. The van der Waals surface area contributed by atoms with Crippen LogP contribution >= 0.6 is 0 Å². The Kier molecular flexibility index (Phi) is 6.89. The molecule has 0 spiro atoms. The first-order chi connectivity index (χ1) is 10.8. The number of hydrogen-bond donors (Lipinski definition) is 2. The molecule has 4 nitrogen and oxygen atoms in total. The van der Waals surface area contributed by atoms with Gasteiger partial charge in [0.15, 0.2) is 5.78 Å². The highest BCUT2D eigenvalue weighted by Crippen LogP contribution is 2.38. The number of phenols is 2. The normalized spacial score (nSPS) is 11.3. The van der Waals surface area contributed by atoms with Crippen molar-refractivity contribution >= 4 is 5.78 Å². The third-order valence-electron chi connectivity index (χ3n) is 3.66. The largest absolute Gasteiger partial charge is 0.507 e. The Morgan fingerprint density at radius 1 is 1.17 bits per heavy atom. The number of hydrogen-bond acceptors (Lipinski definition) is 4. The van der Waals surface area contributed by atoms with E-state index >= 15 is 0 Å². The quantitative estimate of drug-likeness (QED) is 0.572. The van der Waals surface area contributed by atoms with E-state index < -0.39 is 0 Å². The van der Waals surface area contributed by atoms with Crippen molar-refractivity contribution in [3.05, 3.63) is 40.5 Å². The van der Waals surface area contributed by atoms with Crippen molar-refractivity contribution in [3.63, 3.8) is 0 Å². The maximum Gasteiger partial charge on any atom is 0.167 e. The summed E-state index contributed by atoms with van der Waals surface area (Å²) in [5, 5.41) is 20.2. The summed E-state index contributed by atoms with van der Waals surface area (Å²) in [6.45, 7) is 7.49. The number of allylic oxidation sites excluding steroid dienone is 4. The third kappa shape index (κ3) is 5.16. The van der Waals surface area contributed by atoms with Gasteiger partial charge in [-0.05, 0) is 47.0 Å². The summed E-state index contributed by atoms with van der Waals surface area (Å²) in [6, 6.07) is 1.37. The molecule has 0 aliphatic rings. The van der Waals surface area contributed by atoms with Crippen LogP contribution in [0, 0.1) is 0 Å². The Labute approximate surface area is 138 Å². The molecule has 0 aliphatic carbocycles. The molecule has 0 saturated carbocycles. The van der Waals surface area contributed by atoms with Gasteiger partial charge in [-0.2, -0.15) is 0 Å². The van der Waals surface area contributed by atoms with Gasteiger partial charge in [0.25, 0.3) is 0 Å². The first-order valence-corrected chi connectivity index (χ1v) is 7.69. The Morgan fingerprint density at radius 3 is 2.35 bits per heavy atom. The lowest BCUT2D eigenvalue weighted by molar-refractivity contribution is 0.101. The molecule has 0 amide bonds. The van der Waals surface area contributed by atoms with Crippen LogP contribution in [-0.4, -0.2) is 23.1 Å².